The van der Waals surface area contributed by atoms with Crippen LogP contribution in [0.15, 0.2) is 23.2 Å². The number of anilines is 1. The number of rotatable bonds is 6. The molecule has 2 aromatic rings. The first-order chi connectivity index (χ1) is 13.8. The summed E-state index contributed by atoms with van der Waals surface area (Å²) in [5.74, 6) is -1.77. The average Bonchev–Trinajstić information content (AvgIpc) is 2.95. The third kappa shape index (κ3) is 5.05. The number of hydrogen-bond donors (Lipinski definition) is 3. The zero-order valence-electron chi connectivity index (χ0n) is 15.2. The molecule has 0 saturated heterocycles. The van der Waals surface area contributed by atoms with Gasteiger partial charge in [-0.25, -0.2) is 18.2 Å². The van der Waals surface area contributed by atoms with Gasteiger partial charge in [0.2, 0.25) is 5.03 Å². The molecular formula is C15H13ClF4N6O3S. The Balaban J connectivity index is 2.28. The fourth-order valence-corrected chi connectivity index (χ4v) is 3.61. The lowest BCUT2D eigenvalue weighted by Crippen LogP contribution is -2.49. The van der Waals surface area contributed by atoms with Gasteiger partial charge in [0.25, 0.3) is 15.9 Å². The smallest absolute Gasteiger partial charge is 0.321 e. The molecule has 0 aliphatic rings. The Morgan fingerprint density at radius 2 is 2.00 bits per heavy atom. The first kappa shape index (κ1) is 23.5. The van der Waals surface area contributed by atoms with Gasteiger partial charge in [0.05, 0.1) is 5.56 Å². The van der Waals surface area contributed by atoms with Crippen LogP contribution in [0.4, 0.5) is 23.2 Å². The minimum atomic E-state index is -4.72. The Morgan fingerprint density at radius 1 is 1.37 bits per heavy atom. The minimum absolute atomic E-state index is 0.0124. The van der Waals surface area contributed by atoms with Gasteiger partial charge in [0, 0.05) is 12.7 Å². The van der Waals surface area contributed by atoms with E-state index < -0.39 is 49.7 Å². The highest BCUT2D eigenvalue weighted by Gasteiger charge is 2.37. The normalized spacial score (nSPS) is 13.0. The number of sulfonamides is 1. The maximum absolute atomic E-state index is 13.4. The summed E-state index contributed by atoms with van der Waals surface area (Å²) in [5.41, 5.74) is 0.792. The summed E-state index contributed by atoms with van der Waals surface area (Å²) in [6.45, 7) is 0.680. The van der Waals surface area contributed by atoms with Gasteiger partial charge in [-0.3, -0.25) is 9.48 Å². The molecule has 1 atom stereocenters. The van der Waals surface area contributed by atoms with E-state index in [2.05, 4.69) is 10.4 Å². The minimum Gasteiger partial charge on any atom is -0.321 e. The molecular weight excluding hydrogens is 456 g/mol. The number of nitrogens with zero attached hydrogens (tertiary/aromatic N) is 3. The molecule has 0 fully saturated rings. The molecule has 0 aliphatic carbocycles. The number of amides is 1. The Labute approximate surface area is 172 Å². The van der Waals surface area contributed by atoms with Crippen molar-refractivity contribution >= 4 is 33.2 Å². The van der Waals surface area contributed by atoms with Gasteiger partial charge in [-0.15, -0.1) is 4.83 Å². The van der Waals surface area contributed by atoms with Crippen molar-refractivity contribution in [2.75, 3.05) is 5.32 Å². The van der Waals surface area contributed by atoms with Crippen LogP contribution in [0.1, 0.15) is 23.0 Å². The number of aromatic nitrogens is 2. The van der Waals surface area contributed by atoms with Crippen LogP contribution in [0.3, 0.4) is 0 Å². The first-order valence-electron chi connectivity index (χ1n) is 7.85. The number of hydrazine groups is 1. The largest absolute Gasteiger partial charge is 0.404 e. The van der Waals surface area contributed by atoms with Crippen molar-refractivity contribution in [2.24, 2.45) is 7.05 Å². The van der Waals surface area contributed by atoms with Gasteiger partial charge in [-0.05, 0) is 25.1 Å². The van der Waals surface area contributed by atoms with Crippen LogP contribution in [0, 0.1) is 17.1 Å². The number of carbonyl (C=O) groups is 1. The highest BCUT2D eigenvalue weighted by molar-refractivity contribution is 7.89. The molecule has 0 radical (unpaired) electrons. The molecule has 162 valence electrons. The van der Waals surface area contributed by atoms with Crippen LogP contribution in [-0.4, -0.2) is 36.3 Å². The first-order valence-corrected chi connectivity index (χ1v) is 9.71. The van der Waals surface area contributed by atoms with Gasteiger partial charge < -0.3 is 5.32 Å². The van der Waals surface area contributed by atoms with Gasteiger partial charge in [-0.1, -0.05) is 11.6 Å². The van der Waals surface area contributed by atoms with E-state index in [1.165, 1.54) is 11.9 Å². The molecule has 1 aromatic heterocycles. The lowest BCUT2D eigenvalue weighted by molar-refractivity contribution is -0.152. The van der Waals surface area contributed by atoms with E-state index in [9.17, 15) is 30.8 Å². The summed E-state index contributed by atoms with van der Waals surface area (Å²) < 4.78 is 76.2. The third-order valence-electron chi connectivity index (χ3n) is 3.68. The number of nitriles is 1. The number of nitrogens with one attached hydrogen (secondary N) is 3. The molecule has 30 heavy (non-hydrogen) atoms. The second-order valence-electron chi connectivity index (χ2n) is 5.87. The number of aryl methyl sites for hydroxylation is 1. The summed E-state index contributed by atoms with van der Waals surface area (Å²) in [6, 6.07) is 2.50. The molecule has 1 unspecified atom stereocenters. The topological polar surface area (TPSA) is 129 Å². The lowest BCUT2D eigenvalue weighted by Gasteiger charge is -2.17. The fourth-order valence-electron chi connectivity index (χ4n) is 2.07. The summed E-state index contributed by atoms with van der Waals surface area (Å²) in [4.78, 5) is 14.0. The number of halogens is 5. The number of carbonyl (C=O) groups excluding carboxylic acids is 1. The SMILES string of the molecule is CC(NNS(=O)(=O)c1nn(C)c(C(=O)Nc2ccc(F)c(C#N)c2)c1Cl)C(F)(F)F. The molecule has 0 aliphatic heterocycles. The van der Waals surface area contributed by atoms with Crippen LogP contribution >= 0.6 is 11.6 Å². The zero-order valence-corrected chi connectivity index (χ0v) is 16.7. The highest BCUT2D eigenvalue weighted by atomic mass is 35.5. The van der Waals surface area contributed by atoms with Crippen molar-refractivity contribution in [3.63, 3.8) is 0 Å². The van der Waals surface area contributed by atoms with Crippen molar-refractivity contribution in [3.05, 3.63) is 40.3 Å². The summed E-state index contributed by atoms with van der Waals surface area (Å²) >= 11 is 5.94. The molecule has 2 rings (SSSR count). The Hall–Kier alpha value is -2.73. The number of alkyl halides is 3. The van der Waals surface area contributed by atoms with Crippen molar-refractivity contribution in [3.8, 4) is 6.07 Å². The molecule has 1 amide bonds. The molecule has 15 heteroatoms. The summed E-state index contributed by atoms with van der Waals surface area (Å²) in [5, 5.41) is 13.1. The summed E-state index contributed by atoms with van der Waals surface area (Å²) in [6.07, 6.45) is -4.72. The second-order valence-corrected chi connectivity index (χ2v) is 7.84. The van der Waals surface area contributed by atoms with E-state index in [0.717, 1.165) is 22.9 Å². The van der Waals surface area contributed by atoms with Gasteiger partial charge in [0.1, 0.15) is 28.6 Å². The van der Waals surface area contributed by atoms with E-state index in [0.29, 0.717) is 6.92 Å². The second kappa shape index (κ2) is 8.56. The number of hydrogen-bond acceptors (Lipinski definition) is 6. The van der Waals surface area contributed by atoms with Crippen LogP contribution in [0.2, 0.25) is 5.02 Å². The highest BCUT2D eigenvalue weighted by Crippen LogP contribution is 2.26. The van der Waals surface area contributed by atoms with E-state index in [1.807, 2.05) is 0 Å². The molecule has 0 spiro atoms. The number of benzene rings is 1. The van der Waals surface area contributed by atoms with Crippen LogP contribution in [0.5, 0.6) is 0 Å². The Kier molecular flexibility index (Phi) is 6.72. The van der Waals surface area contributed by atoms with Crippen LogP contribution < -0.4 is 15.6 Å². The van der Waals surface area contributed by atoms with Gasteiger partial charge >= 0.3 is 6.18 Å². The maximum atomic E-state index is 13.4. The molecule has 9 nitrogen and oxygen atoms in total. The third-order valence-corrected chi connectivity index (χ3v) is 5.33. The predicted molar refractivity (Wildman–Crippen MR) is 96.3 cm³/mol. The van der Waals surface area contributed by atoms with Gasteiger partial charge in [-0.2, -0.15) is 23.5 Å². The van der Waals surface area contributed by atoms with Crippen LogP contribution in [-0.2, 0) is 17.1 Å². The summed E-state index contributed by atoms with van der Waals surface area (Å²) in [7, 11) is -3.49. The maximum Gasteiger partial charge on any atom is 0.404 e. The Morgan fingerprint density at radius 3 is 2.57 bits per heavy atom. The average molecular weight is 469 g/mol. The van der Waals surface area contributed by atoms with Crippen LogP contribution in [0.25, 0.3) is 0 Å². The fraction of sp³-hybridized carbons (Fsp3) is 0.267. The molecule has 0 bridgehead atoms. The molecule has 1 heterocycles. The van der Waals surface area contributed by atoms with Crippen molar-refractivity contribution in [2.45, 2.75) is 24.2 Å². The predicted octanol–water partition coefficient (Wildman–Crippen LogP) is 2.07. The van der Waals surface area contributed by atoms with E-state index >= 15 is 0 Å². The van der Waals surface area contributed by atoms with Crippen molar-refractivity contribution in [1.82, 2.24) is 20.0 Å². The molecule has 1 aromatic carbocycles. The van der Waals surface area contributed by atoms with Crippen molar-refractivity contribution < 1.29 is 30.8 Å². The monoisotopic (exact) mass is 468 g/mol. The quantitative estimate of drug-likeness (QED) is 0.439. The standard InChI is InChI=1S/C15H13ClF4N6O3S/c1-7(15(18,19)20)23-25-30(28,29)14-11(16)12(26(2)24-14)13(27)22-9-3-4-10(17)8(5-9)6-21/h3-5,7,23,25H,1-2H3,(H,22,27). The van der Waals surface area contributed by atoms with E-state index in [-0.39, 0.29) is 11.3 Å². The zero-order chi connectivity index (χ0) is 22.9. The van der Waals surface area contributed by atoms with E-state index in [4.69, 9.17) is 16.9 Å². The molecule has 0 saturated carbocycles. The van der Waals surface area contributed by atoms with E-state index in [1.54, 1.807) is 11.5 Å². The molecule has 3 N–H and O–H groups in total. The lowest BCUT2D eigenvalue weighted by atomic mass is 10.2. The van der Waals surface area contributed by atoms with Crippen molar-refractivity contribution in [1.29, 1.82) is 5.26 Å². The Bertz CT molecular complexity index is 1130. The van der Waals surface area contributed by atoms with Gasteiger partial charge in [0.15, 0.2) is 0 Å².